The van der Waals surface area contributed by atoms with Gasteiger partial charge in [0, 0.05) is 19.0 Å². The second-order valence-electron chi connectivity index (χ2n) is 8.85. The normalized spacial score (nSPS) is 20.8. The van der Waals surface area contributed by atoms with Crippen molar-refractivity contribution in [3.8, 4) is 0 Å². The number of amides is 2. The molecule has 2 amide bonds. The highest BCUT2D eigenvalue weighted by molar-refractivity contribution is 5.88. The van der Waals surface area contributed by atoms with Gasteiger partial charge in [-0.25, -0.2) is 0 Å². The van der Waals surface area contributed by atoms with E-state index in [-0.39, 0.29) is 23.7 Å². The molecule has 0 aromatic heterocycles. The average molecular weight is 400 g/mol. The largest absolute Gasteiger partial charge is 0.344 e. The van der Waals surface area contributed by atoms with E-state index in [1.54, 1.807) is 0 Å². The molecule has 2 N–H and O–H groups in total. The summed E-state index contributed by atoms with van der Waals surface area (Å²) in [5.41, 5.74) is 1.38. The molecule has 2 fully saturated rings. The molecule has 2 atom stereocenters. The second-order valence-corrected chi connectivity index (χ2v) is 8.85. The van der Waals surface area contributed by atoms with E-state index in [0.29, 0.717) is 5.92 Å². The first-order chi connectivity index (χ1) is 14.1. The zero-order chi connectivity index (χ0) is 20.6. The van der Waals surface area contributed by atoms with Crippen molar-refractivity contribution in [2.24, 2.45) is 17.8 Å². The van der Waals surface area contributed by atoms with Crippen LogP contribution >= 0.6 is 0 Å². The molecule has 1 aromatic carbocycles. The Labute approximate surface area is 175 Å². The lowest BCUT2D eigenvalue weighted by molar-refractivity contribution is -0.140. The van der Waals surface area contributed by atoms with E-state index in [4.69, 9.17) is 0 Å². The van der Waals surface area contributed by atoms with Crippen molar-refractivity contribution in [2.75, 3.05) is 26.2 Å². The van der Waals surface area contributed by atoms with Crippen LogP contribution in [-0.4, -0.2) is 48.9 Å². The summed E-state index contributed by atoms with van der Waals surface area (Å²) in [6.07, 6.45) is 5.76. The number of benzene rings is 1. The lowest BCUT2D eigenvalue weighted by Crippen LogP contribution is -2.55. The minimum absolute atomic E-state index is 0.0345. The number of rotatable bonds is 7. The van der Waals surface area contributed by atoms with Crippen LogP contribution in [0.3, 0.4) is 0 Å². The predicted molar refractivity (Wildman–Crippen MR) is 116 cm³/mol. The van der Waals surface area contributed by atoms with Crippen molar-refractivity contribution >= 4 is 11.8 Å². The molecule has 160 valence electrons. The molecule has 2 aliphatic heterocycles. The molecule has 5 heteroatoms. The molecule has 3 rings (SSSR count). The topological polar surface area (TPSA) is 61.4 Å². The Morgan fingerprint density at radius 3 is 2.38 bits per heavy atom. The highest BCUT2D eigenvalue weighted by Gasteiger charge is 2.33. The van der Waals surface area contributed by atoms with Crippen molar-refractivity contribution in [1.29, 1.82) is 0 Å². The number of hydrogen-bond acceptors (Lipinski definition) is 3. The fourth-order valence-corrected chi connectivity index (χ4v) is 4.54. The van der Waals surface area contributed by atoms with Crippen LogP contribution in [0, 0.1) is 17.8 Å². The average Bonchev–Trinajstić information content (AvgIpc) is 2.78. The summed E-state index contributed by atoms with van der Waals surface area (Å²) in [5, 5.41) is 6.43. The van der Waals surface area contributed by atoms with E-state index in [1.165, 1.54) is 5.56 Å². The zero-order valence-corrected chi connectivity index (χ0v) is 18.0. The van der Waals surface area contributed by atoms with Gasteiger partial charge in [0.25, 0.3) is 0 Å². The molecule has 0 radical (unpaired) electrons. The quantitative estimate of drug-likeness (QED) is 0.741. The molecule has 29 heavy (non-hydrogen) atoms. The van der Waals surface area contributed by atoms with Crippen LogP contribution < -0.4 is 10.6 Å². The van der Waals surface area contributed by atoms with Crippen molar-refractivity contribution in [3.63, 3.8) is 0 Å². The van der Waals surface area contributed by atoms with Gasteiger partial charge in [0.15, 0.2) is 0 Å². The summed E-state index contributed by atoms with van der Waals surface area (Å²) in [4.78, 5) is 28.0. The molecular weight excluding hydrogens is 362 g/mol. The number of carbonyl (C=O) groups is 2. The summed E-state index contributed by atoms with van der Waals surface area (Å²) in [5.74, 6) is 0.985. The number of likely N-dealkylation sites (tertiary alicyclic amines) is 1. The molecule has 2 unspecified atom stereocenters. The van der Waals surface area contributed by atoms with Crippen LogP contribution in [-0.2, 0) is 16.0 Å². The van der Waals surface area contributed by atoms with E-state index in [2.05, 4.69) is 54.8 Å². The lowest BCUT2D eigenvalue weighted by Gasteiger charge is -2.36. The minimum atomic E-state index is -0.395. The molecule has 0 saturated carbocycles. The molecule has 2 heterocycles. The molecule has 2 aliphatic rings. The van der Waals surface area contributed by atoms with Gasteiger partial charge in [-0.15, -0.1) is 0 Å². The third-order valence-corrected chi connectivity index (χ3v) is 6.78. The van der Waals surface area contributed by atoms with Gasteiger partial charge in [-0.05, 0) is 62.6 Å². The van der Waals surface area contributed by atoms with Crippen LogP contribution in [0.2, 0.25) is 0 Å². The number of nitrogens with one attached hydrogen (secondary N) is 2. The van der Waals surface area contributed by atoms with Crippen LogP contribution in [0.5, 0.6) is 0 Å². The van der Waals surface area contributed by atoms with Crippen molar-refractivity contribution < 1.29 is 9.59 Å². The lowest BCUT2D eigenvalue weighted by atomic mass is 9.89. The van der Waals surface area contributed by atoms with Crippen LogP contribution in [0.1, 0.15) is 51.5 Å². The number of hydrogen-bond donors (Lipinski definition) is 2. The molecular formula is C24H37N3O2. The highest BCUT2D eigenvalue weighted by atomic mass is 16.2. The fraction of sp³-hybridized carbons (Fsp3) is 0.667. The first kappa shape index (κ1) is 21.8. The zero-order valence-electron chi connectivity index (χ0n) is 18.0. The van der Waals surface area contributed by atoms with Crippen molar-refractivity contribution in [2.45, 2.75) is 58.4 Å². The Morgan fingerprint density at radius 1 is 1.10 bits per heavy atom. The standard InChI is InChI=1S/C24H37N3O2/c1-3-18(2)22(26-23(28)21-9-13-25-14-10-21)24(29)27-15-11-20(12-16-27)17-19-7-5-4-6-8-19/h4-8,18,20-22,25H,3,9-17H2,1-2H3,(H,26,28). The highest BCUT2D eigenvalue weighted by Crippen LogP contribution is 2.23. The van der Waals surface area contributed by atoms with Gasteiger partial charge in [0.05, 0.1) is 0 Å². The van der Waals surface area contributed by atoms with Crippen molar-refractivity contribution in [3.05, 3.63) is 35.9 Å². The Hall–Kier alpha value is -1.88. The first-order valence-electron chi connectivity index (χ1n) is 11.4. The van der Waals surface area contributed by atoms with E-state index >= 15 is 0 Å². The smallest absolute Gasteiger partial charge is 0.245 e. The minimum Gasteiger partial charge on any atom is -0.344 e. The monoisotopic (exact) mass is 399 g/mol. The maximum absolute atomic E-state index is 13.3. The van der Waals surface area contributed by atoms with E-state index in [1.807, 2.05) is 4.90 Å². The maximum Gasteiger partial charge on any atom is 0.245 e. The van der Waals surface area contributed by atoms with Gasteiger partial charge in [-0.3, -0.25) is 9.59 Å². The Kier molecular flexibility index (Phi) is 8.10. The summed E-state index contributed by atoms with van der Waals surface area (Å²) < 4.78 is 0. The number of carbonyl (C=O) groups excluding carboxylic acids is 2. The van der Waals surface area contributed by atoms with Crippen LogP contribution in [0.4, 0.5) is 0 Å². The van der Waals surface area contributed by atoms with Gasteiger partial charge in [-0.1, -0.05) is 50.6 Å². The summed E-state index contributed by atoms with van der Waals surface area (Å²) in [7, 11) is 0. The third-order valence-electron chi connectivity index (χ3n) is 6.78. The molecule has 1 aromatic rings. The van der Waals surface area contributed by atoms with Gasteiger partial charge in [0.2, 0.25) is 11.8 Å². The summed E-state index contributed by atoms with van der Waals surface area (Å²) >= 11 is 0. The fourth-order valence-electron chi connectivity index (χ4n) is 4.54. The second kappa shape index (κ2) is 10.8. The van der Waals surface area contributed by atoms with Crippen molar-refractivity contribution in [1.82, 2.24) is 15.5 Å². The maximum atomic E-state index is 13.3. The van der Waals surface area contributed by atoms with Gasteiger partial charge >= 0.3 is 0 Å². The molecule has 0 bridgehead atoms. The van der Waals surface area contributed by atoms with Gasteiger partial charge < -0.3 is 15.5 Å². The van der Waals surface area contributed by atoms with E-state index in [9.17, 15) is 9.59 Å². The Bertz CT molecular complexity index is 649. The molecule has 0 aliphatic carbocycles. The summed E-state index contributed by atoms with van der Waals surface area (Å²) in [6, 6.07) is 10.2. The van der Waals surface area contributed by atoms with Gasteiger partial charge in [0.1, 0.15) is 6.04 Å². The third kappa shape index (κ3) is 6.05. The number of nitrogens with zero attached hydrogens (tertiary/aromatic N) is 1. The Balaban J connectivity index is 1.54. The first-order valence-corrected chi connectivity index (χ1v) is 11.4. The van der Waals surface area contributed by atoms with E-state index < -0.39 is 6.04 Å². The van der Waals surface area contributed by atoms with Crippen LogP contribution in [0.25, 0.3) is 0 Å². The van der Waals surface area contributed by atoms with Gasteiger partial charge in [-0.2, -0.15) is 0 Å². The molecule has 0 spiro atoms. The van der Waals surface area contributed by atoms with E-state index in [0.717, 1.165) is 64.7 Å². The molecule has 5 nitrogen and oxygen atoms in total. The number of piperidine rings is 2. The summed E-state index contributed by atoms with van der Waals surface area (Å²) in [6.45, 7) is 7.53. The predicted octanol–water partition coefficient (Wildman–Crippen LogP) is 3.00. The Morgan fingerprint density at radius 2 is 1.76 bits per heavy atom. The SMILES string of the molecule is CCC(C)C(NC(=O)C1CCNCC1)C(=O)N1CCC(Cc2ccccc2)CC1. The van der Waals surface area contributed by atoms with Crippen LogP contribution in [0.15, 0.2) is 30.3 Å². The molecule has 2 saturated heterocycles.